The Balaban J connectivity index is 1.91. The normalized spacial score (nSPS) is 19.1. The van der Waals surface area contributed by atoms with Crippen molar-refractivity contribution in [3.05, 3.63) is 35.7 Å². The largest absolute Gasteiger partial charge is 0.388 e. The Hall–Kier alpha value is -1.06. The van der Waals surface area contributed by atoms with E-state index < -0.39 is 0 Å². The summed E-state index contributed by atoms with van der Waals surface area (Å²) < 4.78 is 7.71. The molecule has 94 valence electrons. The van der Waals surface area contributed by atoms with E-state index in [-0.39, 0.29) is 6.10 Å². The van der Waals surface area contributed by atoms with E-state index in [2.05, 4.69) is 17.3 Å². The lowest BCUT2D eigenvalue weighted by molar-refractivity contribution is 0.143. The smallest absolute Gasteiger partial charge is 0.0807 e. The summed E-state index contributed by atoms with van der Waals surface area (Å²) in [5.74, 6) is 0. The maximum absolute atomic E-state index is 9.86. The van der Waals surface area contributed by atoms with Gasteiger partial charge in [-0.1, -0.05) is 12.2 Å². The third-order valence-electron chi connectivity index (χ3n) is 3.19. The molecule has 1 unspecified atom stereocenters. The summed E-state index contributed by atoms with van der Waals surface area (Å²) in [7, 11) is 0. The Kier molecular flexibility index (Phi) is 4.02. The predicted molar refractivity (Wildman–Crippen MR) is 68.0 cm³/mol. The molecule has 0 amide bonds. The van der Waals surface area contributed by atoms with Gasteiger partial charge in [0, 0.05) is 24.0 Å². The summed E-state index contributed by atoms with van der Waals surface area (Å²) in [6.07, 6.45) is 4.83. The van der Waals surface area contributed by atoms with Gasteiger partial charge in [0.05, 0.1) is 19.3 Å². The monoisotopic (exact) mass is 235 g/mol. The molecule has 0 spiro atoms. The molecule has 1 aliphatic rings. The molecule has 0 aromatic carbocycles. The van der Waals surface area contributed by atoms with E-state index in [1.54, 1.807) is 0 Å². The second-order valence-electron chi connectivity index (χ2n) is 4.83. The van der Waals surface area contributed by atoms with Crippen molar-refractivity contribution in [2.24, 2.45) is 0 Å². The number of hydrogen-bond acceptors (Lipinski definition) is 2. The molecule has 3 heteroatoms. The second kappa shape index (κ2) is 5.52. The fraction of sp³-hybridized carbons (Fsp3) is 0.571. The zero-order valence-electron chi connectivity index (χ0n) is 10.5. The van der Waals surface area contributed by atoms with Gasteiger partial charge in [0.1, 0.15) is 0 Å². The van der Waals surface area contributed by atoms with Gasteiger partial charge in [-0.2, -0.15) is 0 Å². The number of hydrogen-bond donors (Lipinski definition) is 1. The average Bonchev–Trinajstić information content (AvgIpc) is 2.69. The Bertz CT molecular complexity index is 395. The zero-order valence-corrected chi connectivity index (χ0v) is 10.5. The van der Waals surface area contributed by atoms with Gasteiger partial charge in [-0.05, 0) is 32.3 Å². The van der Waals surface area contributed by atoms with E-state index in [1.807, 2.05) is 13.0 Å². The molecule has 17 heavy (non-hydrogen) atoms. The van der Waals surface area contributed by atoms with E-state index >= 15 is 0 Å². The Morgan fingerprint density at radius 1 is 1.65 bits per heavy atom. The van der Waals surface area contributed by atoms with Crippen molar-refractivity contribution in [1.29, 1.82) is 0 Å². The third-order valence-corrected chi connectivity index (χ3v) is 3.19. The van der Waals surface area contributed by atoms with Crippen molar-refractivity contribution in [1.82, 2.24) is 4.57 Å². The highest BCUT2D eigenvalue weighted by Crippen LogP contribution is 2.30. The van der Waals surface area contributed by atoms with Crippen LogP contribution in [0.25, 0.3) is 0 Å². The minimum Gasteiger partial charge on any atom is -0.388 e. The lowest BCUT2D eigenvalue weighted by Crippen LogP contribution is -2.14. The molecule has 0 aliphatic heterocycles. The summed E-state index contributed by atoms with van der Waals surface area (Å²) in [5, 5.41) is 9.86. The first-order valence-corrected chi connectivity index (χ1v) is 6.26. The molecule has 2 rings (SSSR count). The average molecular weight is 235 g/mol. The molecule has 0 fully saturated rings. The van der Waals surface area contributed by atoms with Gasteiger partial charge < -0.3 is 14.4 Å². The number of rotatable bonds is 5. The summed E-state index contributed by atoms with van der Waals surface area (Å²) in [4.78, 5) is 0. The van der Waals surface area contributed by atoms with Crippen LogP contribution in [0.1, 0.15) is 37.1 Å². The molecule has 0 saturated heterocycles. The van der Waals surface area contributed by atoms with Crippen LogP contribution in [0.15, 0.2) is 24.4 Å². The lowest BCUT2D eigenvalue weighted by atomic mass is 9.95. The van der Waals surface area contributed by atoms with Crippen molar-refractivity contribution in [3.8, 4) is 0 Å². The molecule has 1 aromatic rings. The highest BCUT2D eigenvalue weighted by molar-refractivity contribution is 5.27. The number of aliphatic hydroxyl groups is 1. The zero-order chi connectivity index (χ0) is 12.3. The van der Waals surface area contributed by atoms with E-state index in [0.717, 1.165) is 36.9 Å². The highest BCUT2D eigenvalue weighted by Gasteiger charge is 2.20. The van der Waals surface area contributed by atoms with Crippen LogP contribution in [-0.2, 0) is 17.7 Å². The van der Waals surface area contributed by atoms with Crippen LogP contribution in [0.3, 0.4) is 0 Å². The van der Waals surface area contributed by atoms with Crippen LogP contribution in [0, 0.1) is 0 Å². The van der Waals surface area contributed by atoms with Crippen LogP contribution in [0.4, 0.5) is 0 Å². The number of ether oxygens (including phenoxy) is 1. The second-order valence-corrected chi connectivity index (χ2v) is 4.83. The van der Waals surface area contributed by atoms with Crippen LogP contribution < -0.4 is 0 Å². The fourth-order valence-corrected chi connectivity index (χ4v) is 2.35. The minimum absolute atomic E-state index is 0.267. The topological polar surface area (TPSA) is 34.4 Å². The fourth-order valence-electron chi connectivity index (χ4n) is 2.35. The van der Waals surface area contributed by atoms with E-state index in [0.29, 0.717) is 13.2 Å². The molecule has 0 bridgehead atoms. The quantitative estimate of drug-likeness (QED) is 0.628. The lowest BCUT2D eigenvalue weighted by Gasteiger charge is -2.20. The molecule has 3 nitrogen and oxygen atoms in total. The van der Waals surface area contributed by atoms with Gasteiger partial charge in [-0.25, -0.2) is 0 Å². The van der Waals surface area contributed by atoms with Crippen LogP contribution in [0.2, 0.25) is 0 Å². The SMILES string of the molecule is C=C(C)COCCn1ccc2c1CCCC2O. The first-order valence-electron chi connectivity index (χ1n) is 6.26. The molecule has 0 saturated carbocycles. The Morgan fingerprint density at radius 2 is 2.47 bits per heavy atom. The molecule has 1 atom stereocenters. The summed E-state index contributed by atoms with van der Waals surface area (Å²) >= 11 is 0. The van der Waals surface area contributed by atoms with Crippen molar-refractivity contribution in [2.45, 2.75) is 38.8 Å². The summed E-state index contributed by atoms with van der Waals surface area (Å²) in [5.41, 5.74) is 3.44. The van der Waals surface area contributed by atoms with Gasteiger partial charge in [0.25, 0.3) is 0 Å². The molecule has 1 N–H and O–H groups in total. The third kappa shape index (κ3) is 2.99. The Labute approximate surface area is 103 Å². The number of fused-ring (bicyclic) bond motifs is 1. The van der Waals surface area contributed by atoms with Crippen LogP contribution in [-0.4, -0.2) is 22.9 Å². The van der Waals surface area contributed by atoms with E-state index in [9.17, 15) is 5.11 Å². The first-order chi connectivity index (χ1) is 8.18. The minimum atomic E-state index is -0.267. The van der Waals surface area contributed by atoms with Crippen molar-refractivity contribution in [2.75, 3.05) is 13.2 Å². The summed E-state index contributed by atoms with van der Waals surface area (Å²) in [6, 6.07) is 2.04. The van der Waals surface area contributed by atoms with E-state index in [4.69, 9.17) is 4.74 Å². The molecule has 0 radical (unpaired) electrons. The van der Waals surface area contributed by atoms with E-state index in [1.165, 1.54) is 5.69 Å². The molecular weight excluding hydrogens is 214 g/mol. The maximum atomic E-state index is 9.86. The highest BCUT2D eigenvalue weighted by atomic mass is 16.5. The molecule has 1 aliphatic carbocycles. The molecule has 1 aromatic heterocycles. The van der Waals surface area contributed by atoms with Gasteiger partial charge in [0.2, 0.25) is 0 Å². The van der Waals surface area contributed by atoms with Gasteiger partial charge >= 0.3 is 0 Å². The number of aromatic nitrogens is 1. The first kappa shape index (κ1) is 12.4. The van der Waals surface area contributed by atoms with Gasteiger partial charge in [0.15, 0.2) is 0 Å². The van der Waals surface area contributed by atoms with Crippen LogP contribution in [0.5, 0.6) is 0 Å². The van der Waals surface area contributed by atoms with Crippen molar-refractivity contribution < 1.29 is 9.84 Å². The molecule has 1 heterocycles. The van der Waals surface area contributed by atoms with Gasteiger partial charge in [-0.15, -0.1) is 0 Å². The van der Waals surface area contributed by atoms with Crippen LogP contribution >= 0.6 is 0 Å². The number of aliphatic hydroxyl groups excluding tert-OH is 1. The summed E-state index contributed by atoms with van der Waals surface area (Å²) in [6.45, 7) is 7.96. The number of nitrogens with zero attached hydrogens (tertiary/aromatic N) is 1. The maximum Gasteiger partial charge on any atom is 0.0807 e. The van der Waals surface area contributed by atoms with Crippen molar-refractivity contribution in [3.63, 3.8) is 0 Å². The Morgan fingerprint density at radius 3 is 3.24 bits per heavy atom. The predicted octanol–water partition coefficient (Wildman–Crippen LogP) is 2.45. The van der Waals surface area contributed by atoms with Crippen molar-refractivity contribution >= 4 is 0 Å². The van der Waals surface area contributed by atoms with Gasteiger partial charge in [-0.3, -0.25) is 0 Å². The molecular formula is C14H21NO2. The standard InChI is InChI=1S/C14H21NO2/c1-11(2)10-17-9-8-15-7-6-12-13(15)4-3-5-14(12)16/h6-7,14,16H,1,3-5,8-10H2,2H3.